The fraction of sp³-hybridized carbons (Fsp3) is 0.700. The number of H-pyrrole nitrogens is 1. The fourth-order valence-corrected chi connectivity index (χ4v) is 2.17. The lowest BCUT2D eigenvalue weighted by molar-refractivity contribution is 0.107. The van der Waals surface area contributed by atoms with Crippen molar-refractivity contribution < 1.29 is 4.74 Å². The van der Waals surface area contributed by atoms with Gasteiger partial charge in [-0.1, -0.05) is 6.92 Å². The molecule has 0 radical (unpaired) electrons. The molecular weight excluding hydrogens is 196 g/mol. The summed E-state index contributed by atoms with van der Waals surface area (Å²) in [5.74, 6) is 0. The van der Waals surface area contributed by atoms with Crippen molar-refractivity contribution >= 4 is 12.2 Å². The summed E-state index contributed by atoms with van der Waals surface area (Å²) in [6.07, 6.45) is 2.94. The molecule has 0 amide bonds. The molecule has 0 spiro atoms. The smallest absolute Gasteiger partial charge is 0.177 e. The molecule has 1 heterocycles. The molecule has 0 bridgehead atoms. The molecule has 1 aromatic heterocycles. The summed E-state index contributed by atoms with van der Waals surface area (Å²) >= 11 is 5.25. The third kappa shape index (κ3) is 2.07. The van der Waals surface area contributed by atoms with E-state index in [0.29, 0.717) is 6.61 Å². The van der Waals surface area contributed by atoms with Crippen LogP contribution in [-0.4, -0.2) is 23.3 Å². The average molecular weight is 214 g/mol. The van der Waals surface area contributed by atoms with E-state index in [2.05, 4.69) is 30.3 Å². The summed E-state index contributed by atoms with van der Waals surface area (Å²) in [5, 5.41) is 0. The second-order valence-corrected chi connectivity index (χ2v) is 4.41. The molecule has 0 aromatic carbocycles. The van der Waals surface area contributed by atoms with E-state index in [0.717, 1.165) is 11.2 Å². The standard InChI is InChI=1S/C10H18N2OS/c1-5-8-6-11-9(14)12(8)10(2,3)7-13-4/h6H,5,7H2,1-4H3,(H,11,14). The van der Waals surface area contributed by atoms with Crippen molar-refractivity contribution in [2.24, 2.45) is 0 Å². The van der Waals surface area contributed by atoms with Crippen molar-refractivity contribution in [1.29, 1.82) is 0 Å². The minimum atomic E-state index is -0.0861. The van der Waals surface area contributed by atoms with E-state index in [9.17, 15) is 0 Å². The number of nitrogens with zero attached hydrogens (tertiary/aromatic N) is 1. The largest absolute Gasteiger partial charge is 0.382 e. The lowest BCUT2D eigenvalue weighted by Gasteiger charge is -2.27. The summed E-state index contributed by atoms with van der Waals surface area (Å²) in [5.41, 5.74) is 1.13. The van der Waals surface area contributed by atoms with Gasteiger partial charge in [-0.25, -0.2) is 0 Å². The number of hydrogen-bond acceptors (Lipinski definition) is 2. The minimum absolute atomic E-state index is 0.0861. The van der Waals surface area contributed by atoms with Crippen LogP contribution in [0.15, 0.2) is 6.20 Å². The Kier molecular flexibility index (Phi) is 3.50. The zero-order chi connectivity index (χ0) is 10.8. The van der Waals surface area contributed by atoms with Gasteiger partial charge in [0.15, 0.2) is 4.77 Å². The quantitative estimate of drug-likeness (QED) is 0.780. The lowest BCUT2D eigenvalue weighted by Crippen LogP contribution is -2.32. The molecule has 0 fully saturated rings. The van der Waals surface area contributed by atoms with Crippen molar-refractivity contribution in [2.75, 3.05) is 13.7 Å². The number of aromatic amines is 1. The van der Waals surface area contributed by atoms with Crippen LogP contribution >= 0.6 is 12.2 Å². The Morgan fingerprint density at radius 2 is 2.21 bits per heavy atom. The molecule has 0 saturated heterocycles. The first-order valence-electron chi connectivity index (χ1n) is 4.81. The Morgan fingerprint density at radius 1 is 1.57 bits per heavy atom. The Bertz CT molecular complexity index is 351. The van der Waals surface area contributed by atoms with Crippen LogP contribution in [0.4, 0.5) is 0 Å². The van der Waals surface area contributed by atoms with Crippen LogP contribution < -0.4 is 0 Å². The number of rotatable bonds is 4. The summed E-state index contributed by atoms with van der Waals surface area (Å²) in [7, 11) is 1.71. The van der Waals surface area contributed by atoms with E-state index in [-0.39, 0.29) is 5.54 Å². The van der Waals surface area contributed by atoms with Gasteiger partial charge in [0, 0.05) is 19.0 Å². The number of hydrogen-bond donors (Lipinski definition) is 1. The molecule has 0 aliphatic carbocycles. The molecule has 0 atom stereocenters. The SMILES string of the molecule is CCc1c[nH]c(=S)n1C(C)(C)COC. The molecule has 80 valence electrons. The molecule has 4 heteroatoms. The highest BCUT2D eigenvalue weighted by molar-refractivity contribution is 7.71. The zero-order valence-corrected chi connectivity index (χ0v) is 10.1. The second kappa shape index (κ2) is 4.28. The highest BCUT2D eigenvalue weighted by atomic mass is 32.1. The van der Waals surface area contributed by atoms with Crippen LogP contribution in [0.1, 0.15) is 26.5 Å². The normalized spacial score (nSPS) is 12.0. The van der Waals surface area contributed by atoms with Crippen molar-refractivity contribution in [2.45, 2.75) is 32.7 Å². The summed E-state index contributed by atoms with van der Waals surface area (Å²) < 4.78 is 8.10. The molecular formula is C10H18N2OS. The monoisotopic (exact) mass is 214 g/mol. The van der Waals surface area contributed by atoms with E-state index < -0.39 is 0 Å². The summed E-state index contributed by atoms with van der Waals surface area (Å²) in [6, 6.07) is 0. The Balaban J connectivity index is 3.15. The van der Waals surface area contributed by atoms with E-state index in [4.69, 9.17) is 17.0 Å². The Labute approximate surface area is 90.1 Å². The third-order valence-electron chi connectivity index (χ3n) is 2.32. The van der Waals surface area contributed by atoms with Gasteiger partial charge in [-0.3, -0.25) is 0 Å². The van der Waals surface area contributed by atoms with Gasteiger partial charge in [0.1, 0.15) is 0 Å². The maximum absolute atomic E-state index is 5.25. The van der Waals surface area contributed by atoms with Crippen molar-refractivity contribution in [1.82, 2.24) is 9.55 Å². The van der Waals surface area contributed by atoms with Crippen molar-refractivity contribution in [3.63, 3.8) is 0 Å². The van der Waals surface area contributed by atoms with Gasteiger partial charge in [-0.05, 0) is 32.5 Å². The molecule has 0 saturated carbocycles. The summed E-state index contributed by atoms with van der Waals surface area (Å²) in [4.78, 5) is 3.07. The number of methoxy groups -OCH3 is 1. The molecule has 0 unspecified atom stereocenters. The molecule has 0 aliphatic rings. The van der Waals surface area contributed by atoms with E-state index in [1.54, 1.807) is 7.11 Å². The van der Waals surface area contributed by atoms with Gasteiger partial charge in [0.25, 0.3) is 0 Å². The first-order chi connectivity index (χ1) is 6.53. The van der Waals surface area contributed by atoms with Crippen molar-refractivity contribution in [3.8, 4) is 0 Å². The number of aryl methyl sites for hydroxylation is 1. The van der Waals surface area contributed by atoms with Gasteiger partial charge in [-0.15, -0.1) is 0 Å². The molecule has 3 nitrogen and oxygen atoms in total. The number of aromatic nitrogens is 2. The van der Waals surface area contributed by atoms with Gasteiger partial charge in [-0.2, -0.15) is 0 Å². The van der Waals surface area contributed by atoms with Gasteiger partial charge in [0.2, 0.25) is 0 Å². The highest BCUT2D eigenvalue weighted by Gasteiger charge is 2.22. The fourth-order valence-electron chi connectivity index (χ4n) is 1.75. The Morgan fingerprint density at radius 3 is 2.71 bits per heavy atom. The molecule has 14 heavy (non-hydrogen) atoms. The van der Waals surface area contributed by atoms with Crippen LogP contribution in [0.2, 0.25) is 0 Å². The molecule has 1 rings (SSSR count). The molecule has 0 aliphatic heterocycles. The maximum Gasteiger partial charge on any atom is 0.177 e. The van der Waals surface area contributed by atoms with E-state index >= 15 is 0 Å². The topological polar surface area (TPSA) is 29.9 Å². The van der Waals surface area contributed by atoms with Gasteiger partial charge < -0.3 is 14.3 Å². The number of nitrogens with one attached hydrogen (secondary N) is 1. The maximum atomic E-state index is 5.25. The van der Waals surface area contributed by atoms with Gasteiger partial charge >= 0.3 is 0 Å². The van der Waals surface area contributed by atoms with Crippen LogP contribution in [-0.2, 0) is 16.7 Å². The van der Waals surface area contributed by atoms with Crippen LogP contribution in [0.3, 0.4) is 0 Å². The third-order valence-corrected chi connectivity index (χ3v) is 2.62. The van der Waals surface area contributed by atoms with E-state index in [1.807, 2.05) is 6.20 Å². The lowest BCUT2D eigenvalue weighted by atomic mass is 10.1. The van der Waals surface area contributed by atoms with Crippen molar-refractivity contribution in [3.05, 3.63) is 16.7 Å². The Hall–Kier alpha value is -0.610. The summed E-state index contributed by atoms with van der Waals surface area (Å²) in [6.45, 7) is 7.03. The first kappa shape index (κ1) is 11.5. The van der Waals surface area contributed by atoms with Crippen LogP contribution in [0.5, 0.6) is 0 Å². The predicted molar refractivity (Wildman–Crippen MR) is 60.2 cm³/mol. The minimum Gasteiger partial charge on any atom is -0.382 e. The predicted octanol–water partition coefficient (Wildman–Crippen LogP) is 2.49. The van der Waals surface area contributed by atoms with Gasteiger partial charge in [0.05, 0.1) is 12.1 Å². The van der Waals surface area contributed by atoms with Crippen LogP contribution in [0.25, 0.3) is 0 Å². The molecule has 1 aromatic rings. The second-order valence-electron chi connectivity index (χ2n) is 4.02. The number of ether oxygens (including phenoxy) is 1. The highest BCUT2D eigenvalue weighted by Crippen LogP contribution is 2.19. The average Bonchev–Trinajstić information content (AvgIpc) is 2.47. The first-order valence-corrected chi connectivity index (χ1v) is 5.22. The van der Waals surface area contributed by atoms with E-state index in [1.165, 1.54) is 5.69 Å². The zero-order valence-electron chi connectivity index (χ0n) is 9.26. The molecule has 1 N–H and O–H groups in total. The number of imidazole rings is 1. The van der Waals surface area contributed by atoms with Crippen LogP contribution in [0, 0.1) is 4.77 Å².